The molecule has 0 aliphatic carbocycles. The summed E-state index contributed by atoms with van der Waals surface area (Å²) in [6, 6.07) is 7.83. The smallest absolute Gasteiger partial charge is 0.282 e. The summed E-state index contributed by atoms with van der Waals surface area (Å²) in [6.07, 6.45) is 2.53. The highest BCUT2D eigenvalue weighted by Gasteiger charge is 2.31. The molecule has 120 valence electrons. The second-order valence-electron chi connectivity index (χ2n) is 6.10. The Bertz CT molecular complexity index is 519. The van der Waals surface area contributed by atoms with E-state index in [2.05, 4.69) is 12.2 Å². The lowest BCUT2D eigenvalue weighted by atomic mass is 9.95. The van der Waals surface area contributed by atoms with Gasteiger partial charge in [-0.05, 0) is 31.0 Å². The van der Waals surface area contributed by atoms with Crippen molar-refractivity contribution in [3.05, 3.63) is 29.8 Å². The molecule has 1 fully saturated rings. The number of aryl methyl sites for hydroxylation is 1. The summed E-state index contributed by atoms with van der Waals surface area (Å²) in [7, 11) is 0. The normalized spacial score (nSPS) is 22.8. The van der Waals surface area contributed by atoms with Gasteiger partial charge in [0.2, 0.25) is 5.91 Å². The first kappa shape index (κ1) is 16.5. The van der Waals surface area contributed by atoms with E-state index in [0.29, 0.717) is 0 Å². The lowest BCUT2D eigenvalue weighted by Gasteiger charge is -2.31. The number of carbonyl (C=O) groups is 2. The average molecular weight is 304 g/mol. The lowest BCUT2D eigenvalue weighted by molar-refractivity contribution is -0.919. The Balaban J connectivity index is 1.88. The molecular formula is C17H26N3O2+. The molecule has 1 aromatic rings. The number of primary amides is 1. The molecule has 4 N–H and O–H groups in total. The molecule has 1 aromatic carbocycles. The molecule has 0 saturated carbocycles. The Kier molecular flexibility index (Phi) is 5.55. The number of hydrogen-bond donors (Lipinski definition) is 3. The van der Waals surface area contributed by atoms with Gasteiger partial charge in [0.25, 0.3) is 5.91 Å². The zero-order valence-corrected chi connectivity index (χ0v) is 13.4. The Labute approximate surface area is 131 Å². The molecule has 1 heterocycles. The van der Waals surface area contributed by atoms with Gasteiger partial charge in [-0.25, -0.2) is 0 Å². The minimum atomic E-state index is -0.216. The molecule has 1 aliphatic rings. The van der Waals surface area contributed by atoms with Crippen LogP contribution in [0.5, 0.6) is 0 Å². The van der Waals surface area contributed by atoms with Gasteiger partial charge in [-0.1, -0.05) is 19.1 Å². The summed E-state index contributed by atoms with van der Waals surface area (Å²) in [6.45, 7) is 5.68. The van der Waals surface area contributed by atoms with E-state index in [0.717, 1.165) is 38.0 Å². The van der Waals surface area contributed by atoms with Crippen molar-refractivity contribution in [2.24, 2.45) is 11.7 Å². The van der Waals surface area contributed by atoms with E-state index in [1.807, 2.05) is 31.2 Å². The minimum absolute atomic E-state index is 0.0248. The van der Waals surface area contributed by atoms with Gasteiger partial charge in [0.15, 0.2) is 6.04 Å². The van der Waals surface area contributed by atoms with Crippen molar-refractivity contribution in [2.45, 2.75) is 39.2 Å². The third kappa shape index (κ3) is 4.07. The number of likely N-dealkylation sites (tertiary alicyclic amines) is 1. The van der Waals surface area contributed by atoms with Crippen LogP contribution >= 0.6 is 0 Å². The van der Waals surface area contributed by atoms with Crippen molar-refractivity contribution < 1.29 is 14.5 Å². The maximum Gasteiger partial charge on any atom is 0.282 e. The highest BCUT2D eigenvalue weighted by Crippen LogP contribution is 2.11. The van der Waals surface area contributed by atoms with Crippen molar-refractivity contribution in [3.8, 4) is 0 Å². The van der Waals surface area contributed by atoms with Crippen LogP contribution in [-0.4, -0.2) is 30.9 Å². The van der Waals surface area contributed by atoms with Crippen LogP contribution in [0.25, 0.3) is 0 Å². The second-order valence-corrected chi connectivity index (χ2v) is 6.10. The van der Waals surface area contributed by atoms with Gasteiger partial charge in [-0.2, -0.15) is 0 Å². The number of nitrogens with two attached hydrogens (primary N) is 1. The van der Waals surface area contributed by atoms with E-state index in [1.54, 1.807) is 0 Å². The highest BCUT2D eigenvalue weighted by molar-refractivity contribution is 5.93. The summed E-state index contributed by atoms with van der Waals surface area (Å²) in [5.74, 6) is -0.218. The molecule has 2 rings (SSSR count). The van der Waals surface area contributed by atoms with Crippen LogP contribution in [0, 0.1) is 5.92 Å². The molecule has 5 heteroatoms. The van der Waals surface area contributed by atoms with Gasteiger partial charge in [0.05, 0.1) is 13.1 Å². The predicted molar refractivity (Wildman–Crippen MR) is 86.5 cm³/mol. The van der Waals surface area contributed by atoms with E-state index in [1.165, 1.54) is 10.5 Å². The number of quaternary nitrogens is 1. The zero-order valence-electron chi connectivity index (χ0n) is 13.4. The van der Waals surface area contributed by atoms with Gasteiger partial charge < -0.3 is 16.0 Å². The van der Waals surface area contributed by atoms with Crippen molar-refractivity contribution in [2.75, 3.05) is 18.4 Å². The van der Waals surface area contributed by atoms with E-state index in [4.69, 9.17) is 5.73 Å². The monoisotopic (exact) mass is 304 g/mol. The third-order valence-corrected chi connectivity index (χ3v) is 4.67. The van der Waals surface area contributed by atoms with E-state index < -0.39 is 0 Å². The fourth-order valence-corrected chi connectivity index (χ4v) is 2.97. The number of benzene rings is 1. The van der Waals surface area contributed by atoms with Crippen molar-refractivity contribution in [1.29, 1.82) is 0 Å². The van der Waals surface area contributed by atoms with Gasteiger partial charge in [0.1, 0.15) is 0 Å². The van der Waals surface area contributed by atoms with Gasteiger partial charge in [-0.3, -0.25) is 9.59 Å². The topological polar surface area (TPSA) is 76.6 Å². The third-order valence-electron chi connectivity index (χ3n) is 4.67. The van der Waals surface area contributed by atoms with E-state index >= 15 is 0 Å². The molecule has 0 spiro atoms. The minimum Gasteiger partial charge on any atom is -0.369 e. The molecule has 0 unspecified atom stereocenters. The van der Waals surface area contributed by atoms with Gasteiger partial charge in [0, 0.05) is 24.4 Å². The number of rotatable bonds is 5. The standard InChI is InChI=1S/C17H25N3O2/c1-3-13-4-6-15(7-5-13)19-17(22)12(2)20-10-8-14(9-11-20)16(18)21/h4-7,12,14H,3,8-11H2,1-2H3,(H2,18,21)(H,19,22)/p+1/t12-/m0/s1. The lowest BCUT2D eigenvalue weighted by Crippen LogP contribution is -3.17. The first-order chi connectivity index (χ1) is 10.5. The Morgan fingerprint density at radius 2 is 1.86 bits per heavy atom. The molecule has 1 atom stereocenters. The number of piperidine rings is 1. The first-order valence-electron chi connectivity index (χ1n) is 8.05. The van der Waals surface area contributed by atoms with E-state index in [-0.39, 0.29) is 23.8 Å². The number of carbonyl (C=O) groups excluding carboxylic acids is 2. The van der Waals surface area contributed by atoms with Crippen LogP contribution < -0.4 is 16.0 Å². The second kappa shape index (κ2) is 7.40. The molecule has 22 heavy (non-hydrogen) atoms. The van der Waals surface area contributed by atoms with Crippen LogP contribution in [0.3, 0.4) is 0 Å². The molecule has 0 radical (unpaired) electrons. The largest absolute Gasteiger partial charge is 0.369 e. The first-order valence-corrected chi connectivity index (χ1v) is 8.05. The van der Waals surface area contributed by atoms with Crippen LogP contribution in [0.2, 0.25) is 0 Å². The Hall–Kier alpha value is -1.88. The summed E-state index contributed by atoms with van der Waals surface area (Å²) in [5, 5.41) is 2.97. The summed E-state index contributed by atoms with van der Waals surface area (Å²) in [5.41, 5.74) is 7.44. The van der Waals surface area contributed by atoms with Gasteiger partial charge in [-0.15, -0.1) is 0 Å². The Morgan fingerprint density at radius 3 is 2.36 bits per heavy atom. The Morgan fingerprint density at radius 1 is 1.27 bits per heavy atom. The maximum atomic E-state index is 12.4. The van der Waals surface area contributed by atoms with Crippen LogP contribution in [0.1, 0.15) is 32.3 Å². The highest BCUT2D eigenvalue weighted by atomic mass is 16.2. The fraction of sp³-hybridized carbons (Fsp3) is 0.529. The van der Waals surface area contributed by atoms with Crippen LogP contribution in [0.15, 0.2) is 24.3 Å². The molecule has 0 bridgehead atoms. The molecule has 5 nitrogen and oxygen atoms in total. The van der Waals surface area contributed by atoms with Crippen molar-refractivity contribution >= 4 is 17.5 Å². The molecule has 2 amide bonds. The van der Waals surface area contributed by atoms with Crippen LogP contribution in [0.4, 0.5) is 5.69 Å². The summed E-state index contributed by atoms with van der Waals surface area (Å²) in [4.78, 5) is 24.8. The summed E-state index contributed by atoms with van der Waals surface area (Å²) >= 11 is 0. The molecular weight excluding hydrogens is 278 g/mol. The fourth-order valence-electron chi connectivity index (χ4n) is 2.97. The molecule has 1 aliphatic heterocycles. The SMILES string of the molecule is CCc1ccc(NC(=O)[C@H](C)[NH+]2CCC(C(N)=O)CC2)cc1. The summed E-state index contributed by atoms with van der Waals surface area (Å²) < 4.78 is 0. The van der Waals surface area contributed by atoms with Crippen molar-refractivity contribution in [1.82, 2.24) is 0 Å². The molecule has 0 aromatic heterocycles. The zero-order chi connectivity index (χ0) is 16.1. The quantitative estimate of drug-likeness (QED) is 0.734. The average Bonchev–Trinajstić information content (AvgIpc) is 2.55. The predicted octanol–water partition coefficient (Wildman–Crippen LogP) is 0.356. The van der Waals surface area contributed by atoms with Gasteiger partial charge >= 0.3 is 0 Å². The number of nitrogens with one attached hydrogen (secondary N) is 2. The number of anilines is 1. The van der Waals surface area contributed by atoms with Crippen LogP contribution in [-0.2, 0) is 16.0 Å². The maximum absolute atomic E-state index is 12.4. The van der Waals surface area contributed by atoms with E-state index in [9.17, 15) is 9.59 Å². The molecule has 1 saturated heterocycles. The number of amides is 2. The number of hydrogen-bond acceptors (Lipinski definition) is 2. The van der Waals surface area contributed by atoms with Crippen molar-refractivity contribution in [3.63, 3.8) is 0 Å².